The third kappa shape index (κ3) is 3.75. The summed E-state index contributed by atoms with van der Waals surface area (Å²) in [7, 11) is 0. The number of hydroxylamine groups is 2. The number of carbonyl (C=O) groups is 2. The Kier molecular flexibility index (Phi) is 5.08. The Morgan fingerprint density at radius 3 is 2.54 bits per heavy atom. The number of halogens is 2. The molecule has 0 bridgehead atoms. The van der Waals surface area contributed by atoms with Crippen LogP contribution < -0.4 is 0 Å². The lowest BCUT2D eigenvalue weighted by atomic mass is 9.88. The minimum Gasteiger partial charge on any atom is -0.338 e. The van der Waals surface area contributed by atoms with E-state index in [9.17, 15) is 14.0 Å². The first-order valence-corrected chi connectivity index (χ1v) is 9.61. The molecule has 2 aromatic carbocycles. The van der Waals surface area contributed by atoms with Crippen molar-refractivity contribution in [2.75, 3.05) is 13.1 Å². The van der Waals surface area contributed by atoms with Crippen LogP contribution in [0.3, 0.4) is 0 Å². The predicted octanol–water partition coefficient (Wildman–Crippen LogP) is 3.82. The summed E-state index contributed by atoms with van der Waals surface area (Å²) in [6, 6.07) is 13.7. The maximum Gasteiger partial charge on any atom is 0.256 e. The Bertz CT molecular complexity index is 898. The lowest BCUT2D eigenvalue weighted by molar-refractivity contribution is -0.213. The average Bonchev–Trinajstić information content (AvgIpc) is 2.97. The first-order chi connectivity index (χ1) is 13.5. The largest absolute Gasteiger partial charge is 0.338 e. The van der Waals surface area contributed by atoms with Crippen molar-refractivity contribution in [1.82, 2.24) is 9.96 Å². The lowest BCUT2D eigenvalue weighted by Crippen LogP contribution is -2.47. The highest BCUT2D eigenvalue weighted by atomic mass is 35.5. The van der Waals surface area contributed by atoms with Crippen molar-refractivity contribution in [3.63, 3.8) is 0 Å². The summed E-state index contributed by atoms with van der Waals surface area (Å²) in [5.41, 5.74) is 0.425. The van der Waals surface area contributed by atoms with Crippen LogP contribution in [0.25, 0.3) is 0 Å². The van der Waals surface area contributed by atoms with Crippen molar-refractivity contribution in [2.24, 2.45) is 0 Å². The van der Waals surface area contributed by atoms with Gasteiger partial charge in [-0.3, -0.25) is 14.4 Å². The molecule has 146 valence electrons. The lowest BCUT2D eigenvalue weighted by Gasteiger charge is -2.37. The Hall–Kier alpha value is -2.44. The second-order valence-corrected chi connectivity index (χ2v) is 7.72. The average molecular weight is 403 g/mol. The zero-order valence-corrected chi connectivity index (χ0v) is 16.0. The quantitative estimate of drug-likeness (QED) is 0.784. The van der Waals surface area contributed by atoms with Crippen molar-refractivity contribution in [3.05, 3.63) is 70.5 Å². The number of hydrogen-bond acceptors (Lipinski definition) is 3. The number of amides is 2. The second-order valence-electron chi connectivity index (χ2n) is 7.28. The van der Waals surface area contributed by atoms with E-state index in [-0.39, 0.29) is 22.4 Å². The van der Waals surface area contributed by atoms with Gasteiger partial charge in [0.2, 0.25) is 5.91 Å². The smallest absolute Gasteiger partial charge is 0.256 e. The first kappa shape index (κ1) is 18.9. The van der Waals surface area contributed by atoms with Crippen LogP contribution in [0, 0.1) is 5.82 Å². The number of rotatable bonds is 3. The number of benzene rings is 2. The highest BCUT2D eigenvalue weighted by Crippen LogP contribution is 2.37. The van der Waals surface area contributed by atoms with E-state index in [0.29, 0.717) is 38.9 Å². The van der Waals surface area contributed by atoms with Gasteiger partial charge < -0.3 is 4.90 Å². The van der Waals surface area contributed by atoms with Gasteiger partial charge in [-0.25, -0.2) is 9.45 Å². The van der Waals surface area contributed by atoms with Crippen LogP contribution in [-0.2, 0) is 16.2 Å². The molecule has 0 atom stereocenters. The van der Waals surface area contributed by atoms with Crippen LogP contribution in [0.4, 0.5) is 4.39 Å². The van der Waals surface area contributed by atoms with E-state index in [2.05, 4.69) is 0 Å². The normalized spacial score (nSPS) is 18.7. The molecule has 0 aromatic heterocycles. The third-order valence-corrected chi connectivity index (χ3v) is 5.58. The number of carbonyl (C=O) groups excluding carboxylic acids is 2. The molecule has 2 aliphatic heterocycles. The monoisotopic (exact) mass is 402 g/mol. The fourth-order valence-electron chi connectivity index (χ4n) is 3.77. The molecule has 2 aromatic rings. The first-order valence-electron chi connectivity index (χ1n) is 9.24. The highest BCUT2D eigenvalue weighted by molar-refractivity contribution is 6.30. The maximum atomic E-state index is 14.1. The molecule has 0 aliphatic carbocycles. The van der Waals surface area contributed by atoms with Gasteiger partial charge in [-0.05, 0) is 36.6 Å². The van der Waals surface area contributed by atoms with Crippen molar-refractivity contribution >= 4 is 23.4 Å². The van der Waals surface area contributed by atoms with Crippen LogP contribution in [-0.4, -0.2) is 40.5 Å². The molecule has 7 heteroatoms. The molecular formula is C21H20ClFN2O3. The second kappa shape index (κ2) is 7.53. The fourth-order valence-corrected chi connectivity index (χ4v) is 3.93. The molecule has 2 heterocycles. The van der Waals surface area contributed by atoms with E-state index in [1.54, 1.807) is 4.90 Å². The van der Waals surface area contributed by atoms with E-state index in [1.165, 1.54) is 17.2 Å². The molecule has 0 radical (unpaired) electrons. The summed E-state index contributed by atoms with van der Waals surface area (Å²) in [5, 5.41) is 1.68. The van der Waals surface area contributed by atoms with E-state index in [4.69, 9.17) is 16.4 Å². The Morgan fingerprint density at radius 2 is 1.86 bits per heavy atom. The standard InChI is InChI=1S/C21H20ClFN2O3/c22-16-6-7-17(18(23)12-16)20(27)24-10-8-21(9-11-24)13-19(26)25(28-21)14-15-4-2-1-3-5-15/h1-7,12H,8-11,13-14H2. The summed E-state index contributed by atoms with van der Waals surface area (Å²) in [6.07, 6.45) is 1.37. The van der Waals surface area contributed by atoms with Gasteiger partial charge >= 0.3 is 0 Å². The molecule has 0 N–H and O–H groups in total. The van der Waals surface area contributed by atoms with Gasteiger partial charge in [0.05, 0.1) is 18.5 Å². The van der Waals surface area contributed by atoms with Gasteiger partial charge in [0.25, 0.3) is 5.91 Å². The van der Waals surface area contributed by atoms with Crippen molar-refractivity contribution in [1.29, 1.82) is 0 Å². The van der Waals surface area contributed by atoms with Crippen molar-refractivity contribution in [2.45, 2.75) is 31.4 Å². The zero-order chi connectivity index (χ0) is 19.7. The minimum absolute atomic E-state index is 0.00877. The van der Waals surface area contributed by atoms with Crippen LogP contribution in [0.15, 0.2) is 48.5 Å². The predicted molar refractivity (Wildman–Crippen MR) is 102 cm³/mol. The summed E-state index contributed by atoms with van der Waals surface area (Å²) in [5.74, 6) is -1.04. The van der Waals surface area contributed by atoms with E-state index in [0.717, 1.165) is 11.6 Å². The SMILES string of the molecule is O=C(c1ccc(Cl)cc1F)N1CCC2(CC1)CC(=O)N(Cc1ccccc1)O2. The molecule has 0 saturated carbocycles. The van der Waals surface area contributed by atoms with Crippen molar-refractivity contribution in [3.8, 4) is 0 Å². The van der Waals surface area contributed by atoms with E-state index < -0.39 is 11.4 Å². The molecule has 2 aliphatic rings. The van der Waals surface area contributed by atoms with Gasteiger partial charge in [0.1, 0.15) is 11.4 Å². The summed E-state index contributed by atoms with van der Waals surface area (Å²) >= 11 is 5.76. The van der Waals surface area contributed by atoms with E-state index in [1.807, 2.05) is 30.3 Å². The number of nitrogens with zero attached hydrogens (tertiary/aromatic N) is 2. The molecule has 1 spiro atoms. The Morgan fingerprint density at radius 1 is 1.14 bits per heavy atom. The molecule has 0 unspecified atom stereocenters. The third-order valence-electron chi connectivity index (χ3n) is 5.35. The van der Waals surface area contributed by atoms with Crippen LogP contribution in [0.5, 0.6) is 0 Å². The molecule has 4 rings (SSSR count). The molecule has 2 fully saturated rings. The Labute approximate surface area is 167 Å². The van der Waals surface area contributed by atoms with Gasteiger partial charge in [-0.2, -0.15) is 0 Å². The molecule has 5 nitrogen and oxygen atoms in total. The van der Waals surface area contributed by atoms with Gasteiger partial charge in [0, 0.05) is 18.1 Å². The zero-order valence-electron chi connectivity index (χ0n) is 15.2. The molecule has 2 amide bonds. The van der Waals surface area contributed by atoms with Crippen LogP contribution >= 0.6 is 11.6 Å². The number of likely N-dealkylation sites (tertiary alicyclic amines) is 1. The maximum absolute atomic E-state index is 14.1. The molecule has 2 saturated heterocycles. The van der Waals surface area contributed by atoms with Crippen molar-refractivity contribution < 1.29 is 18.8 Å². The van der Waals surface area contributed by atoms with E-state index >= 15 is 0 Å². The minimum atomic E-state index is -0.626. The fraction of sp³-hybridized carbons (Fsp3) is 0.333. The van der Waals surface area contributed by atoms with Gasteiger partial charge in [-0.1, -0.05) is 41.9 Å². The molecule has 28 heavy (non-hydrogen) atoms. The van der Waals surface area contributed by atoms with Crippen LogP contribution in [0.2, 0.25) is 5.02 Å². The Balaban J connectivity index is 1.39. The van der Waals surface area contributed by atoms with Crippen LogP contribution in [0.1, 0.15) is 35.2 Å². The summed E-state index contributed by atoms with van der Waals surface area (Å²) in [4.78, 5) is 32.7. The summed E-state index contributed by atoms with van der Waals surface area (Å²) in [6.45, 7) is 1.22. The molecular weight excluding hydrogens is 383 g/mol. The van der Waals surface area contributed by atoms with Gasteiger partial charge in [0.15, 0.2) is 0 Å². The highest BCUT2D eigenvalue weighted by Gasteiger charge is 2.47. The number of piperidine rings is 1. The summed E-state index contributed by atoms with van der Waals surface area (Å²) < 4.78 is 14.1. The van der Waals surface area contributed by atoms with Gasteiger partial charge in [-0.15, -0.1) is 0 Å². The number of hydrogen-bond donors (Lipinski definition) is 0. The topological polar surface area (TPSA) is 49.9 Å².